The maximum atomic E-state index is 12.3. The molecule has 2 spiro atoms. The van der Waals surface area contributed by atoms with Crippen LogP contribution in [0.25, 0.3) is 39.0 Å². The largest absolute Gasteiger partial charge is 0.469 e. The number of unbranched alkanes of at least 4 members (excludes halogenated alkanes) is 2. The van der Waals surface area contributed by atoms with Gasteiger partial charge in [0.05, 0.1) is 7.11 Å². The number of methoxy groups -OCH3 is 1. The van der Waals surface area contributed by atoms with E-state index in [0.717, 1.165) is 12.8 Å². The Kier molecular flexibility index (Phi) is 4.09. The van der Waals surface area contributed by atoms with Crippen molar-refractivity contribution in [3.05, 3.63) is 120 Å². The van der Waals surface area contributed by atoms with Gasteiger partial charge in [-0.15, -0.1) is 0 Å². The molecule has 0 bridgehead atoms. The minimum atomic E-state index is -0.0517. The van der Waals surface area contributed by atoms with Crippen molar-refractivity contribution in [1.29, 1.82) is 0 Å². The summed E-state index contributed by atoms with van der Waals surface area (Å²) in [6.45, 7) is 0. The molecular formula is C54H44O2. The van der Waals surface area contributed by atoms with E-state index in [-0.39, 0.29) is 22.2 Å². The van der Waals surface area contributed by atoms with Crippen molar-refractivity contribution >= 4 is 33.8 Å². The lowest BCUT2D eigenvalue weighted by Gasteiger charge is -2.43. The summed E-state index contributed by atoms with van der Waals surface area (Å²) in [5.41, 5.74) is 28.2. The van der Waals surface area contributed by atoms with Crippen LogP contribution in [0, 0.1) is 47.3 Å². The Balaban J connectivity index is 1.07. The topological polar surface area (TPSA) is 26.3 Å². The molecule has 272 valence electrons. The fourth-order valence-electron chi connectivity index (χ4n) is 20.8. The highest BCUT2D eigenvalue weighted by Gasteiger charge is 2.96. The minimum Gasteiger partial charge on any atom is -0.469 e. The van der Waals surface area contributed by atoms with Gasteiger partial charge in [0.1, 0.15) is 0 Å². The first-order valence-electron chi connectivity index (χ1n) is 22.9. The van der Waals surface area contributed by atoms with E-state index in [1.807, 2.05) is 98.8 Å². The van der Waals surface area contributed by atoms with Crippen LogP contribution in [0.15, 0.2) is 60.2 Å². The number of carbonyl (C=O) groups excluding carboxylic acids is 1. The number of rotatable bonds is 7. The average Bonchev–Trinajstić information content (AvgIpc) is 3.88. The van der Waals surface area contributed by atoms with Crippen LogP contribution < -0.4 is 20.9 Å². The Labute approximate surface area is 326 Å². The molecule has 0 aromatic heterocycles. The summed E-state index contributed by atoms with van der Waals surface area (Å²) in [5, 5.41) is 7.35. The van der Waals surface area contributed by atoms with Crippen LogP contribution in [-0.4, -0.2) is 13.1 Å². The van der Waals surface area contributed by atoms with Crippen LogP contribution >= 0.6 is 0 Å². The molecule has 2 heteroatoms. The van der Waals surface area contributed by atoms with Crippen LogP contribution in [0.5, 0.6) is 0 Å². The smallest absolute Gasteiger partial charge is 0.305 e. The second kappa shape index (κ2) is 8.10. The monoisotopic (exact) mass is 724 g/mol. The summed E-state index contributed by atoms with van der Waals surface area (Å²) in [6, 6.07) is 12.2. The van der Waals surface area contributed by atoms with Crippen LogP contribution in [0.2, 0.25) is 0 Å². The minimum absolute atomic E-state index is 0.0517. The van der Waals surface area contributed by atoms with E-state index in [1.165, 1.54) is 51.4 Å². The molecule has 12 unspecified atom stereocenters. The van der Waals surface area contributed by atoms with Gasteiger partial charge in [-0.2, -0.15) is 0 Å². The second-order valence-electron chi connectivity index (χ2n) is 21.3. The number of esters is 1. The van der Waals surface area contributed by atoms with E-state index in [9.17, 15) is 4.79 Å². The van der Waals surface area contributed by atoms with Gasteiger partial charge in [-0.1, -0.05) is 95.3 Å². The zero-order valence-electron chi connectivity index (χ0n) is 32.1. The molecule has 0 aliphatic heterocycles. The van der Waals surface area contributed by atoms with Crippen LogP contribution in [0.1, 0.15) is 121 Å². The number of hydrogen-bond donors (Lipinski definition) is 0. The number of fused-ring (bicyclic) bond motifs is 5. The first-order chi connectivity index (χ1) is 27.7. The number of allylic oxidation sites excluding steroid dienone is 5. The van der Waals surface area contributed by atoms with Crippen molar-refractivity contribution in [3.8, 4) is 11.1 Å². The molecule has 12 atom stereocenters. The molecule has 0 N–H and O–H groups in total. The van der Waals surface area contributed by atoms with Crippen LogP contribution in [0.3, 0.4) is 0 Å². The molecule has 3 fully saturated rings. The number of ether oxygens (including phenoxy) is 1. The zero-order valence-corrected chi connectivity index (χ0v) is 32.1. The molecule has 3 aromatic rings. The van der Waals surface area contributed by atoms with Crippen molar-refractivity contribution in [2.24, 2.45) is 47.3 Å². The Morgan fingerprint density at radius 1 is 0.643 bits per heavy atom. The van der Waals surface area contributed by atoms with Crippen LogP contribution in [0.4, 0.5) is 0 Å². The van der Waals surface area contributed by atoms with Gasteiger partial charge in [0.2, 0.25) is 0 Å². The molecule has 0 heterocycles. The van der Waals surface area contributed by atoms with Gasteiger partial charge in [0.15, 0.2) is 0 Å². The maximum absolute atomic E-state index is 12.3. The lowest BCUT2D eigenvalue weighted by molar-refractivity contribution is -0.140. The SMILES string of the molecule is COC(=O)CCCCCC1(c2ccccc2)C23c4c5c6c7c8c4=C4CCC=8C8C=CC9C%10C=CC%11C%12=c%13c%14c(c-5c5c%13=C(CC%12)C(CCC42)C513)C6=C(C9C78)C%10C%14%11. The molecule has 18 rings (SSSR count). The summed E-state index contributed by atoms with van der Waals surface area (Å²) in [5.74, 6) is 6.53. The molecule has 0 saturated heterocycles. The van der Waals surface area contributed by atoms with Crippen LogP contribution in [-0.2, 0) is 25.8 Å². The van der Waals surface area contributed by atoms with Gasteiger partial charge in [-0.3, -0.25) is 4.79 Å². The first kappa shape index (κ1) is 28.3. The molecule has 0 amide bonds. The predicted octanol–water partition coefficient (Wildman–Crippen LogP) is 7.35. The maximum Gasteiger partial charge on any atom is 0.305 e. The highest BCUT2D eigenvalue weighted by Crippen LogP contribution is 2.94. The fourth-order valence-corrected chi connectivity index (χ4v) is 20.8. The lowest BCUT2D eigenvalue weighted by Crippen LogP contribution is -2.43. The molecule has 2 nitrogen and oxygen atoms in total. The quantitative estimate of drug-likeness (QED) is 0.113. The molecule has 15 aliphatic carbocycles. The van der Waals surface area contributed by atoms with Crippen molar-refractivity contribution in [2.45, 2.75) is 98.7 Å². The second-order valence-corrected chi connectivity index (χ2v) is 21.3. The van der Waals surface area contributed by atoms with E-state index >= 15 is 0 Å². The van der Waals surface area contributed by atoms with Gasteiger partial charge in [-0.05, 0) is 163 Å². The zero-order chi connectivity index (χ0) is 35.7. The van der Waals surface area contributed by atoms with E-state index in [4.69, 9.17) is 4.74 Å². The molecule has 3 saturated carbocycles. The van der Waals surface area contributed by atoms with E-state index in [2.05, 4.69) is 54.6 Å². The van der Waals surface area contributed by atoms with E-state index in [0.29, 0.717) is 65.6 Å². The Bertz CT molecular complexity index is 2920. The van der Waals surface area contributed by atoms with Gasteiger partial charge < -0.3 is 4.74 Å². The summed E-state index contributed by atoms with van der Waals surface area (Å²) in [4.78, 5) is 12.3. The summed E-state index contributed by atoms with van der Waals surface area (Å²) >= 11 is 0. The predicted molar refractivity (Wildman–Crippen MR) is 216 cm³/mol. The van der Waals surface area contributed by atoms with Gasteiger partial charge in [-0.25, -0.2) is 0 Å². The third kappa shape index (κ3) is 2.15. The van der Waals surface area contributed by atoms with Crippen molar-refractivity contribution in [3.63, 3.8) is 0 Å². The number of hydrogen-bond acceptors (Lipinski definition) is 2. The fraction of sp³-hybridized carbons (Fsp3) is 0.463. The summed E-state index contributed by atoms with van der Waals surface area (Å²) < 4.78 is 5.12. The highest BCUT2D eigenvalue weighted by atomic mass is 16.5. The molecule has 56 heavy (non-hydrogen) atoms. The summed E-state index contributed by atoms with van der Waals surface area (Å²) in [6.07, 6.45) is 24.1. The third-order valence-corrected chi connectivity index (χ3v) is 21.1. The number of benzene rings is 3. The van der Waals surface area contributed by atoms with E-state index in [1.54, 1.807) is 12.7 Å². The Morgan fingerprint density at radius 3 is 1.79 bits per heavy atom. The number of carbonyl (C=O) groups is 1. The van der Waals surface area contributed by atoms with Gasteiger partial charge in [0, 0.05) is 46.3 Å². The third-order valence-electron chi connectivity index (χ3n) is 21.1. The van der Waals surface area contributed by atoms with Crippen molar-refractivity contribution < 1.29 is 9.53 Å². The molecular weight excluding hydrogens is 681 g/mol. The van der Waals surface area contributed by atoms with Gasteiger partial charge in [0.25, 0.3) is 0 Å². The average molecular weight is 725 g/mol. The molecule has 0 radical (unpaired) electrons. The normalized spacial score (nSPS) is 43.7. The molecule has 3 aromatic carbocycles. The highest BCUT2D eigenvalue weighted by molar-refractivity contribution is 6.14. The first-order valence-corrected chi connectivity index (χ1v) is 22.9. The lowest BCUT2D eigenvalue weighted by atomic mass is 9.59. The Hall–Kier alpha value is -4.17. The van der Waals surface area contributed by atoms with Gasteiger partial charge >= 0.3 is 5.97 Å². The van der Waals surface area contributed by atoms with E-state index < -0.39 is 0 Å². The van der Waals surface area contributed by atoms with Crippen molar-refractivity contribution in [2.75, 3.05) is 7.11 Å². The summed E-state index contributed by atoms with van der Waals surface area (Å²) in [7, 11) is 1.55. The molecule has 15 aliphatic rings. The Morgan fingerprint density at radius 2 is 1.21 bits per heavy atom. The van der Waals surface area contributed by atoms with Crippen molar-refractivity contribution in [1.82, 2.24) is 0 Å². The standard InChI is InChI=1S/C54H44O2/c1-56-33(55)10-6-3-7-21-52(22-8-4-2-5-9-22)53-31-19-20-32-30-18-16-28-26-14-12-24-23-11-13-25-27-15-17-29(31)40-38(27)43-36(25)34(23)42-35(24)37(26)44-39(28)41(30)51(54(32,52)53)49-47(44)45(42)46(43)48(49)50(40)53/h2,4-5,8-9,11-14,23-26,31-32,34-37H,3,6-7,10,15-21H2,1H3.